The number of methoxy groups -OCH3 is 1. The molecular weight excluding hydrogens is 355 g/mol. The highest BCUT2D eigenvalue weighted by atomic mass is 32.1. The van der Waals surface area contributed by atoms with Gasteiger partial charge >= 0.3 is 0 Å². The number of hydrogen-bond donors (Lipinski definition) is 1. The molecular formula is C19H19FN2O3S. The second kappa shape index (κ2) is 8.14. The van der Waals surface area contributed by atoms with Crippen molar-refractivity contribution in [3.05, 3.63) is 47.8 Å². The first kappa shape index (κ1) is 18.1. The van der Waals surface area contributed by atoms with Gasteiger partial charge in [0.2, 0.25) is 5.91 Å². The molecule has 7 heteroatoms. The van der Waals surface area contributed by atoms with Crippen molar-refractivity contribution in [3.63, 3.8) is 0 Å². The Bertz CT molecular complexity index is 926. The van der Waals surface area contributed by atoms with Gasteiger partial charge in [0.15, 0.2) is 16.6 Å². The van der Waals surface area contributed by atoms with E-state index in [0.29, 0.717) is 46.3 Å². The maximum Gasteiger partial charge on any atom is 0.226 e. The van der Waals surface area contributed by atoms with E-state index in [0.717, 1.165) is 5.56 Å². The maximum absolute atomic E-state index is 13.2. The Hall–Kier alpha value is -2.67. The van der Waals surface area contributed by atoms with Crippen molar-refractivity contribution in [2.75, 3.05) is 19.0 Å². The van der Waals surface area contributed by atoms with Crippen LogP contribution in [0.3, 0.4) is 0 Å². The summed E-state index contributed by atoms with van der Waals surface area (Å²) in [6.07, 6.45) is 0.871. The van der Waals surface area contributed by atoms with E-state index in [-0.39, 0.29) is 11.7 Å². The fourth-order valence-electron chi connectivity index (χ4n) is 2.53. The minimum Gasteiger partial charge on any atom is -0.493 e. The summed E-state index contributed by atoms with van der Waals surface area (Å²) in [7, 11) is 1.59. The van der Waals surface area contributed by atoms with Crippen molar-refractivity contribution in [1.82, 2.24) is 4.98 Å². The van der Waals surface area contributed by atoms with Gasteiger partial charge in [0.05, 0.1) is 23.9 Å². The first-order chi connectivity index (χ1) is 12.6. The molecule has 0 aliphatic rings. The van der Waals surface area contributed by atoms with Gasteiger partial charge in [-0.25, -0.2) is 9.37 Å². The van der Waals surface area contributed by atoms with Gasteiger partial charge in [-0.3, -0.25) is 4.79 Å². The van der Waals surface area contributed by atoms with E-state index in [1.54, 1.807) is 13.2 Å². The number of hydrogen-bond acceptors (Lipinski definition) is 5. The number of nitrogens with zero attached hydrogens (tertiary/aromatic N) is 1. The second-order valence-electron chi connectivity index (χ2n) is 5.60. The molecule has 0 aliphatic heterocycles. The Morgan fingerprint density at radius 1 is 1.23 bits per heavy atom. The zero-order valence-corrected chi connectivity index (χ0v) is 15.4. The van der Waals surface area contributed by atoms with E-state index >= 15 is 0 Å². The molecule has 2 aromatic carbocycles. The number of carbonyl (C=O) groups is 1. The summed E-state index contributed by atoms with van der Waals surface area (Å²) in [6, 6.07) is 10.0. The average Bonchev–Trinajstić information content (AvgIpc) is 3.02. The third-order valence-corrected chi connectivity index (χ3v) is 4.70. The van der Waals surface area contributed by atoms with Gasteiger partial charge in [0, 0.05) is 6.42 Å². The van der Waals surface area contributed by atoms with Crippen LogP contribution in [0.2, 0.25) is 0 Å². The first-order valence-electron chi connectivity index (χ1n) is 8.24. The minimum absolute atomic E-state index is 0.141. The summed E-state index contributed by atoms with van der Waals surface area (Å²) < 4.78 is 24.7. The maximum atomic E-state index is 13.2. The lowest BCUT2D eigenvalue weighted by Gasteiger charge is -2.10. The number of ether oxygens (including phenoxy) is 2. The second-order valence-corrected chi connectivity index (χ2v) is 6.63. The van der Waals surface area contributed by atoms with Gasteiger partial charge in [-0.2, -0.15) is 0 Å². The highest BCUT2D eigenvalue weighted by Crippen LogP contribution is 2.29. The summed E-state index contributed by atoms with van der Waals surface area (Å²) >= 11 is 1.26. The predicted octanol–water partition coefficient (Wildman–Crippen LogP) is 4.41. The van der Waals surface area contributed by atoms with Crippen LogP contribution in [0, 0.1) is 5.82 Å². The van der Waals surface area contributed by atoms with E-state index in [1.807, 2.05) is 25.1 Å². The summed E-state index contributed by atoms with van der Waals surface area (Å²) in [5.41, 5.74) is 1.65. The molecule has 1 heterocycles. The SMILES string of the molecule is CCOc1ccc(CCC(=O)Nc2nc3ccc(F)cc3s2)cc1OC. The Kier molecular flexibility index (Phi) is 5.68. The number of halogens is 1. The lowest BCUT2D eigenvalue weighted by Crippen LogP contribution is -2.12. The van der Waals surface area contributed by atoms with Gasteiger partial charge in [0.1, 0.15) is 5.82 Å². The Balaban J connectivity index is 1.61. The molecule has 1 aromatic heterocycles. The first-order valence-corrected chi connectivity index (χ1v) is 9.06. The number of thiazole rings is 1. The Morgan fingerprint density at radius 2 is 2.08 bits per heavy atom. The minimum atomic E-state index is -0.316. The molecule has 26 heavy (non-hydrogen) atoms. The number of amides is 1. The largest absolute Gasteiger partial charge is 0.493 e. The summed E-state index contributed by atoms with van der Waals surface area (Å²) in [5, 5.41) is 3.24. The number of rotatable bonds is 7. The molecule has 0 unspecified atom stereocenters. The molecule has 136 valence electrons. The topological polar surface area (TPSA) is 60.5 Å². The Labute approximate surface area is 154 Å². The number of carbonyl (C=O) groups excluding carboxylic acids is 1. The number of anilines is 1. The van der Waals surface area contributed by atoms with Crippen molar-refractivity contribution in [2.45, 2.75) is 19.8 Å². The lowest BCUT2D eigenvalue weighted by atomic mass is 10.1. The Morgan fingerprint density at radius 3 is 2.85 bits per heavy atom. The van der Waals surface area contributed by atoms with E-state index in [2.05, 4.69) is 10.3 Å². The lowest BCUT2D eigenvalue weighted by molar-refractivity contribution is -0.116. The number of fused-ring (bicyclic) bond motifs is 1. The third-order valence-electron chi connectivity index (χ3n) is 3.77. The molecule has 3 aromatic rings. The fourth-order valence-corrected chi connectivity index (χ4v) is 3.44. The summed E-state index contributed by atoms with van der Waals surface area (Å²) in [6.45, 7) is 2.47. The normalized spacial score (nSPS) is 10.7. The van der Waals surface area contributed by atoms with E-state index < -0.39 is 0 Å². The molecule has 5 nitrogen and oxygen atoms in total. The standard InChI is InChI=1S/C19H19FN2O3S/c1-3-25-15-8-4-12(10-16(15)24-2)5-9-18(23)22-19-21-14-7-6-13(20)11-17(14)26-19/h4,6-8,10-11H,3,5,9H2,1-2H3,(H,21,22,23). The number of aromatic nitrogens is 1. The highest BCUT2D eigenvalue weighted by Gasteiger charge is 2.10. The monoisotopic (exact) mass is 374 g/mol. The van der Waals surface area contributed by atoms with Gasteiger partial charge in [0.25, 0.3) is 0 Å². The summed E-state index contributed by atoms with van der Waals surface area (Å²) in [5.74, 6) is 0.878. The zero-order chi connectivity index (χ0) is 18.5. The third kappa shape index (κ3) is 4.29. The van der Waals surface area contributed by atoms with Crippen LogP contribution in [-0.4, -0.2) is 24.6 Å². The van der Waals surface area contributed by atoms with Crippen molar-refractivity contribution >= 4 is 32.6 Å². The van der Waals surface area contributed by atoms with E-state index in [1.165, 1.54) is 23.5 Å². The van der Waals surface area contributed by atoms with Crippen molar-refractivity contribution in [3.8, 4) is 11.5 Å². The molecule has 0 fully saturated rings. The fraction of sp³-hybridized carbons (Fsp3) is 0.263. The molecule has 0 bridgehead atoms. The van der Waals surface area contributed by atoms with Gasteiger partial charge in [-0.1, -0.05) is 17.4 Å². The molecule has 0 aliphatic carbocycles. The van der Waals surface area contributed by atoms with E-state index in [9.17, 15) is 9.18 Å². The zero-order valence-electron chi connectivity index (χ0n) is 14.5. The van der Waals surface area contributed by atoms with Crippen LogP contribution in [0.15, 0.2) is 36.4 Å². The van der Waals surface area contributed by atoms with Crippen LogP contribution in [0.1, 0.15) is 18.9 Å². The van der Waals surface area contributed by atoms with Crippen LogP contribution >= 0.6 is 11.3 Å². The molecule has 0 saturated heterocycles. The number of nitrogens with one attached hydrogen (secondary N) is 1. The quantitative estimate of drug-likeness (QED) is 0.665. The van der Waals surface area contributed by atoms with Crippen molar-refractivity contribution in [1.29, 1.82) is 0 Å². The molecule has 1 amide bonds. The van der Waals surface area contributed by atoms with Gasteiger partial charge in [-0.15, -0.1) is 0 Å². The predicted molar refractivity (Wildman–Crippen MR) is 101 cm³/mol. The van der Waals surface area contributed by atoms with Gasteiger partial charge in [-0.05, 0) is 49.2 Å². The van der Waals surface area contributed by atoms with Gasteiger partial charge < -0.3 is 14.8 Å². The average molecular weight is 374 g/mol. The summed E-state index contributed by atoms with van der Waals surface area (Å²) in [4.78, 5) is 16.5. The molecule has 0 radical (unpaired) electrons. The molecule has 3 rings (SSSR count). The van der Waals surface area contributed by atoms with Crippen LogP contribution in [0.4, 0.5) is 9.52 Å². The highest BCUT2D eigenvalue weighted by molar-refractivity contribution is 7.22. The van der Waals surface area contributed by atoms with Crippen molar-refractivity contribution in [2.24, 2.45) is 0 Å². The van der Waals surface area contributed by atoms with Crippen molar-refractivity contribution < 1.29 is 18.7 Å². The van der Waals surface area contributed by atoms with Crippen LogP contribution in [0.25, 0.3) is 10.2 Å². The molecule has 1 N–H and O–H groups in total. The smallest absolute Gasteiger partial charge is 0.226 e. The number of aryl methyl sites for hydroxylation is 1. The van der Waals surface area contributed by atoms with Crippen LogP contribution in [0.5, 0.6) is 11.5 Å². The van der Waals surface area contributed by atoms with E-state index in [4.69, 9.17) is 9.47 Å². The van der Waals surface area contributed by atoms with Crippen LogP contribution < -0.4 is 14.8 Å². The molecule has 0 saturated carbocycles. The molecule has 0 atom stereocenters. The van der Waals surface area contributed by atoms with Crippen LogP contribution in [-0.2, 0) is 11.2 Å². The number of benzene rings is 2. The molecule has 0 spiro atoms.